The van der Waals surface area contributed by atoms with Crippen molar-refractivity contribution in [2.45, 2.75) is 18.8 Å². The molecule has 102 valence electrons. The van der Waals surface area contributed by atoms with Crippen LogP contribution < -0.4 is 5.32 Å². The summed E-state index contributed by atoms with van der Waals surface area (Å²) in [5.74, 6) is -0.375. The third-order valence-electron chi connectivity index (χ3n) is 3.77. The van der Waals surface area contributed by atoms with Crippen molar-refractivity contribution in [2.24, 2.45) is 0 Å². The first-order valence-electron chi connectivity index (χ1n) is 6.35. The molecular formula is C16H13ClFNO. The molecule has 0 saturated carbocycles. The molecule has 0 radical (unpaired) electrons. The first kappa shape index (κ1) is 13.1. The number of rotatable bonds is 2. The van der Waals surface area contributed by atoms with E-state index in [1.807, 2.05) is 19.1 Å². The van der Waals surface area contributed by atoms with Gasteiger partial charge in [0.15, 0.2) is 0 Å². The maximum Gasteiger partial charge on any atom is 0.235 e. The van der Waals surface area contributed by atoms with E-state index in [-0.39, 0.29) is 11.7 Å². The van der Waals surface area contributed by atoms with Crippen LogP contribution in [0.4, 0.5) is 10.1 Å². The Morgan fingerprint density at radius 3 is 2.80 bits per heavy atom. The van der Waals surface area contributed by atoms with Gasteiger partial charge in [-0.05, 0) is 48.7 Å². The quantitative estimate of drug-likeness (QED) is 0.892. The van der Waals surface area contributed by atoms with Crippen molar-refractivity contribution in [3.63, 3.8) is 0 Å². The van der Waals surface area contributed by atoms with E-state index in [1.54, 1.807) is 18.2 Å². The summed E-state index contributed by atoms with van der Waals surface area (Å²) in [5, 5.41) is 3.43. The average molecular weight is 290 g/mol. The fraction of sp³-hybridized carbons (Fsp3) is 0.188. The van der Waals surface area contributed by atoms with E-state index in [0.717, 1.165) is 16.8 Å². The zero-order valence-electron chi connectivity index (χ0n) is 10.9. The molecule has 2 aromatic rings. The minimum Gasteiger partial charge on any atom is -0.325 e. The molecule has 2 nitrogen and oxygen atoms in total. The van der Waals surface area contributed by atoms with E-state index in [2.05, 4.69) is 5.32 Å². The Labute approximate surface area is 121 Å². The molecule has 1 aliphatic rings. The summed E-state index contributed by atoms with van der Waals surface area (Å²) in [4.78, 5) is 12.3. The molecule has 0 saturated heterocycles. The summed E-state index contributed by atoms with van der Waals surface area (Å²) in [5.41, 5.74) is 1.73. The van der Waals surface area contributed by atoms with Crippen molar-refractivity contribution in [3.05, 3.63) is 64.4 Å². The Morgan fingerprint density at radius 2 is 2.05 bits per heavy atom. The number of hydrogen-bond donors (Lipinski definition) is 1. The molecule has 1 atom stereocenters. The highest BCUT2D eigenvalue weighted by Crippen LogP contribution is 2.41. The number of anilines is 1. The minimum atomic E-state index is -0.701. The summed E-state index contributed by atoms with van der Waals surface area (Å²) < 4.78 is 13.3. The van der Waals surface area contributed by atoms with Crippen molar-refractivity contribution >= 4 is 23.2 Å². The van der Waals surface area contributed by atoms with E-state index >= 15 is 0 Å². The molecule has 4 heteroatoms. The predicted molar refractivity (Wildman–Crippen MR) is 77.5 cm³/mol. The van der Waals surface area contributed by atoms with Crippen LogP contribution >= 0.6 is 11.6 Å². The fourth-order valence-corrected chi connectivity index (χ4v) is 2.89. The Hall–Kier alpha value is -1.87. The molecule has 0 bridgehead atoms. The van der Waals surface area contributed by atoms with Crippen LogP contribution in [0.2, 0.25) is 5.02 Å². The lowest BCUT2D eigenvalue weighted by molar-refractivity contribution is -0.120. The Morgan fingerprint density at radius 1 is 1.25 bits per heavy atom. The summed E-state index contributed by atoms with van der Waals surface area (Å²) in [6, 6.07) is 11.7. The van der Waals surface area contributed by atoms with Crippen LogP contribution in [-0.4, -0.2) is 5.91 Å². The smallest absolute Gasteiger partial charge is 0.235 e. The van der Waals surface area contributed by atoms with E-state index in [0.29, 0.717) is 11.4 Å². The molecular weight excluding hydrogens is 277 g/mol. The number of carbonyl (C=O) groups is 1. The zero-order chi connectivity index (χ0) is 14.3. The van der Waals surface area contributed by atoms with Crippen molar-refractivity contribution in [3.8, 4) is 0 Å². The standard InChI is InChI=1S/C16H13ClFNO/c1-16(9-10-3-2-4-12(18)7-10)13-6-5-11(17)8-14(13)19-15(16)20/h2-8H,9H2,1H3,(H,19,20). The minimum absolute atomic E-state index is 0.0842. The van der Waals surface area contributed by atoms with Gasteiger partial charge in [-0.1, -0.05) is 29.8 Å². The van der Waals surface area contributed by atoms with Gasteiger partial charge in [-0.3, -0.25) is 4.79 Å². The lowest BCUT2D eigenvalue weighted by Crippen LogP contribution is -2.33. The zero-order valence-corrected chi connectivity index (χ0v) is 11.7. The highest BCUT2D eigenvalue weighted by atomic mass is 35.5. The molecule has 1 aliphatic heterocycles. The van der Waals surface area contributed by atoms with Gasteiger partial charge in [-0.25, -0.2) is 4.39 Å². The van der Waals surface area contributed by atoms with Gasteiger partial charge in [-0.2, -0.15) is 0 Å². The molecule has 0 fully saturated rings. The Bertz CT molecular complexity index is 701. The molecule has 1 unspecified atom stereocenters. The number of benzene rings is 2. The second-order valence-corrected chi connectivity index (χ2v) is 5.72. The molecule has 20 heavy (non-hydrogen) atoms. The van der Waals surface area contributed by atoms with E-state index in [1.165, 1.54) is 12.1 Å². The fourth-order valence-electron chi connectivity index (χ4n) is 2.71. The molecule has 2 aromatic carbocycles. The Balaban J connectivity index is 2.02. The first-order valence-corrected chi connectivity index (χ1v) is 6.73. The van der Waals surface area contributed by atoms with Crippen molar-refractivity contribution in [1.29, 1.82) is 0 Å². The summed E-state index contributed by atoms with van der Waals surface area (Å²) in [7, 11) is 0. The molecule has 3 rings (SSSR count). The third kappa shape index (κ3) is 2.08. The number of amides is 1. The predicted octanol–water partition coefficient (Wildman–Crippen LogP) is 3.93. The van der Waals surface area contributed by atoms with Gasteiger partial charge in [0.25, 0.3) is 0 Å². The van der Waals surface area contributed by atoms with Gasteiger partial charge >= 0.3 is 0 Å². The molecule has 0 aliphatic carbocycles. The van der Waals surface area contributed by atoms with Crippen LogP contribution in [0.1, 0.15) is 18.1 Å². The normalized spacial score (nSPS) is 20.6. The number of nitrogens with one attached hydrogen (secondary N) is 1. The lowest BCUT2D eigenvalue weighted by atomic mass is 9.78. The summed E-state index contributed by atoms with van der Waals surface area (Å²) in [6.07, 6.45) is 0.450. The topological polar surface area (TPSA) is 29.1 Å². The maximum atomic E-state index is 13.3. The molecule has 1 heterocycles. The summed E-state index contributed by atoms with van der Waals surface area (Å²) in [6.45, 7) is 1.87. The largest absolute Gasteiger partial charge is 0.325 e. The van der Waals surface area contributed by atoms with E-state index in [4.69, 9.17) is 11.6 Å². The van der Waals surface area contributed by atoms with E-state index < -0.39 is 5.41 Å². The van der Waals surface area contributed by atoms with Crippen LogP contribution in [0.3, 0.4) is 0 Å². The second-order valence-electron chi connectivity index (χ2n) is 5.28. The Kier molecular flexibility index (Phi) is 3.02. The van der Waals surface area contributed by atoms with Crippen molar-refractivity contribution < 1.29 is 9.18 Å². The highest BCUT2D eigenvalue weighted by Gasteiger charge is 2.42. The van der Waals surface area contributed by atoms with Crippen LogP contribution in [-0.2, 0) is 16.6 Å². The molecule has 1 amide bonds. The first-order chi connectivity index (χ1) is 9.49. The molecule has 0 spiro atoms. The van der Waals surface area contributed by atoms with Crippen LogP contribution in [0.5, 0.6) is 0 Å². The number of fused-ring (bicyclic) bond motifs is 1. The van der Waals surface area contributed by atoms with Gasteiger partial charge in [-0.15, -0.1) is 0 Å². The van der Waals surface area contributed by atoms with Crippen LogP contribution in [0.25, 0.3) is 0 Å². The van der Waals surface area contributed by atoms with Gasteiger partial charge in [0, 0.05) is 10.7 Å². The highest BCUT2D eigenvalue weighted by molar-refractivity contribution is 6.31. The average Bonchev–Trinajstić information content (AvgIpc) is 2.60. The van der Waals surface area contributed by atoms with Gasteiger partial charge in [0.2, 0.25) is 5.91 Å². The number of halogens is 2. The summed E-state index contributed by atoms with van der Waals surface area (Å²) >= 11 is 5.94. The van der Waals surface area contributed by atoms with Gasteiger partial charge in [0.05, 0.1) is 5.41 Å². The molecule has 0 aromatic heterocycles. The molecule has 1 N–H and O–H groups in total. The lowest BCUT2D eigenvalue weighted by Gasteiger charge is -2.22. The van der Waals surface area contributed by atoms with E-state index in [9.17, 15) is 9.18 Å². The van der Waals surface area contributed by atoms with Gasteiger partial charge < -0.3 is 5.32 Å². The SMILES string of the molecule is CC1(Cc2cccc(F)c2)C(=O)Nc2cc(Cl)ccc21. The monoisotopic (exact) mass is 289 g/mol. The maximum absolute atomic E-state index is 13.3. The number of carbonyl (C=O) groups excluding carboxylic acids is 1. The number of hydrogen-bond acceptors (Lipinski definition) is 1. The van der Waals surface area contributed by atoms with Crippen molar-refractivity contribution in [2.75, 3.05) is 5.32 Å². The van der Waals surface area contributed by atoms with Crippen LogP contribution in [0, 0.1) is 5.82 Å². The van der Waals surface area contributed by atoms with Crippen LogP contribution in [0.15, 0.2) is 42.5 Å². The second kappa shape index (κ2) is 4.60. The third-order valence-corrected chi connectivity index (χ3v) is 4.01. The van der Waals surface area contributed by atoms with Crippen molar-refractivity contribution in [1.82, 2.24) is 0 Å². The van der Waals surface area contributed by atoms with Gasteiger partial charge in [0.1, 0.15) is 5.82 Å².